The fourth-order valence-electron chi connectivity index (χ4n) is 0.745. The van der Waals surface area contributed by atoms with Crippen molar-refractivity contribution in [3.8, 4) is 5.88 Å². The Hall–Kier alpha value is -1.56. The molecule has 78 valence electrons. The second kappa shape index (κ2) is 5.23. The maximum atomic E-state index is 11.1. The van der Waals surface area contributed by atoms with E-state index in [1.54, 1.807) is 6.92 Å². The molecular weight excluding hydrogens is 190 g/mol. The highest BCUT2D eigenvalue weighted by molar-refractivity contribution is 5.86. The first-order valence-corrected chi connectivity index (χ1v) is 4.03. The van der Waals surface area contributed by atoms with Crippen LogP contribution in [-0.2, 0) is 9.47 Å². The summed E-state index contributed by atoms with van der Waals surface area (Å²) in [5, 5.41) is 3.48. The first kappa shape index (κ1) is 10.5. The van der Waals surface area contributed by atoms with Gasteiger partial charge in [0.1, 0.15) is 0 Å². The van der Waals surface area contributed by atoms with Gasteiger partial charge in [-0.2, -0.15) is 0 Å². The number of methoxy groups -OCH3 is 1. The molecule has 0 aromatic carbocycles. The van der Waals surface area contributed by atoms with E-state index < -0.39 is 5.97 Å². The molecule has 0 atom stereocenters. The molecule has 0 bridgehead atoms. The summed E-state index contributed by atoms with van der Waals surface area (Å²) in [6, 6.07) is 1.34. The molecule has 1 rings (SSSR count). The molecule has 0 aliphatic heterocycles. The zero-order valence-corrected chi connectivity index (χ0v) is 7.98. The lowest BCUT2D eigenvalue weighted by Crippen LogP contribution is -2.02. The Labute approximate surface area is 80.7 Å². The molecule has 1 heterocycles. The third kappa shape index (κ3) is 2.74. The summed E-state index contributed by atoms with van der Waals surface area (Å²) in [6.45, 7) is 2.04. The predicted octanol–water partition coefficient (Wildman–Crippen LogP) is 0.834. The van der Waals surface area contributed by atoms with Crippen LogP contribution in [-0.4, -0.2) is 31.6 Å². The zero-order chi connectivity index (χ0) is 10.4. The molecule has 6 heteroatoms. The molecule has 0 radical (unpaired) electrons. The number of nitrogens with zero attached hydrogens (tertiary/aromatic N) is 1. The molecule has 14 heavy (non-hydrogen) atoms. The predicted molar refractivity (Wildman–Crippen MR) is 45.0 cm³/mol. The van der Waals surface area contributed by atoms with Gasteiger partial charge in [-0.25, -0.2) is 4.79 Å². The summed E-state index contributed by atoms with van der Waals surface area (Å²) in [5.41, 5.74) is 0. The van der Waals surface area contributed by atoms with Gasteiger partial charge in [0.2, 0.25) is 5.76 Å². The number of hydrogen-bond acceptors (Lipinski definition) is 6. The minimum atomic E-state index is -0.563. The van der Waals surface area contributed by atoms with E-state index in [2.05, 4.69) is 19.2 Å². The van der Waals surface area contributed by atoms with Gasteiger partial charge < -0.3 is 18.7 Å². The highest BCUT2D eigenvalue weighted by Gasteiger charge is 2.14. The van der Waals surface area contributed by atoms with Crippen molar-refractivity contribution in [3.05, 3.63) is 11.8 Å². The molecular formula is C8H11NO5. The van der Waals surface area contributed by atoms with Gasteiger partial charge in [-0.3, -0.25) is 0 Å². The van der Waals surface area contributed by atoms with E-state index >= 15 is 0 Å². The number of rotatable bonds is 5. The van der Waals surface area contributed by atoms with E-state index in [1.807, 2.05) is 0 Å². The van der Waals surface area contributed by atoms with E-state index in [9.17, 15) is 4.79 Å². The van der Waals surface area contributed by atoms with Crippen LogP contribution in [0.25, 0.3) is 0 Å². The van der Waals surface area contributed by atoms with Gasteiger partial charge in [0.25, 0.3) is 5.88 Å². The van der Waals surface area contributed by atoms with Crippen LogP contribution < -0.4 is 4.74 Å². The van der Waals surface area contributed by atoms with Crippen LogP contribution in [0.2, 0.25) is 0 Å². The Bertz CT molecular complexity index is 296. The number of carbonyl (C=O) groups excluding carboxylic acids is 1. The van der Waals surface area contributed by atoms with E-state index in [-0.39, 0.29) is 25.0 Å². The van der Waals surface area contributed by atoms with Crippen molar-refractivity contribution in [1.29, 1.82) is 0 Å². The monoisotopic (exact) mass is 201 g/mol. The molecule has 0 unspecified atom stereocenters. The van der Waals surface area contributed by atoms with Gasteiger partial charge >= 0.3 is 5.97 Å². The minimum absolute atomic E-state index is 0.0120. The number of carbonyl (C=O) groups is 1. The second-order valence-corrected chi connectivity index (χ2v) is 2.30. The highest BCUT2D eigenvalue weighted by atomic mass is 16.7. The molecule has 0 spiro atoms. The van der Waals surface area contributed by atoms with Crippen molar-refractivity contribution in [2.75, 3.05) is 20.5 Å². The van der Waals surface area contributed by atoms with Crippen molar-refractivity contribution in [2.24, 2.45) is 0 Å². The quantitative estimate of drug-likeness (QED) is 0.519. The summed E-state index contributed by atoms with van der Waals surface area (Å²) in [6.07, 6.45) is 0. The molecule has 0 amide bonds. The highest BCUT2D eigenvalue weighted by Crippen LogP contribution is 2.12. The third-order valence-corrected chi connectivity index (χ3v) is 1.29. The number of esters is 1. The van der Waals surface area contributed by atoms with E-state index in [0.29, 0.717) is 0 Å². The van der Waals surface area contributed by atoms with Crippen molar-refractivity contribution >= 4 is 5.97 Å². The van der Waals surface area contributed by atoms with E-state index in [1.165, 1.54) is 13.2 Å². The molecule has 6 nitrogen and oxygen atoms in total. The van der Waals surface area contributed by atoms with Crippen molar-refractivity contribution < 1.29 is 23.5 Å². The number of aromatic nitrogens is 1. The lowest BCUT2D eigenvalue weighted by molar-refractivity contribution is 0.0443. The van der Waals surface area contributed by atoms with Crippen LogP contribution in [0.1, 0.15) is 17.5 Å². The summed E-state index contributed by atoms with van der Waals surface area (Å²) in [7, 11) is 1.48. The van der Waals surface area contributed by atoms with Crippen LogP contribution in [0.5, 0.6) is 5.88 Å². The molecule has 0 saturated carbocycles. The fourth-order valence-corrected chi connectivity index (χ4v) is 0.745. The third-order valence-electron chi connectivity index (χ3n) is 1.29. The molecule has 1 aromatic rings. The van der Waals surface area contributed by atoms with E-state index in [4.69, 9.17) is 4.74 Å². The summed E-state index contributed by atoms with van der Waals surface area (Å²) >= 11 is 0. The Morgan fingerprint density at radius 1 is 1.64 bits per heavy atom. The van der Waals surface area contributed by atoms with E-state index in [0.717, 1.165) is 0 Å². The fraction of sp³-hybridized carbons (Fsp3) is 0.500. The SMILES string of the molecule is CCOC(=O)c1cc(OCOC)no1. The molecule has 0 aliphatic rings. The van der Waals surface area contributed by atoms with Crippen LogP contribution in [0.15, 0.2) is 10.6 Å². The molecule has 0 aliphatic carbocycles. The van der Waals surface area contributed by atoms with Crippen LogP contribution >= 0.6 is 0 Å². The van der Waals surface area contributed by atoms with Gasteiger partial charge in [0, 0.05) is 7.11 Å². The lowest BCUT2D eigenvalue weighted by Gasteiger charge is -1.96. The van der Waals surface area contributed by atoms with Crippen molar-refractivity contribution in [1.82, 2.24) is 5.16 Å². The Balaban J connectivity index is 2.54. The first-order valence-electron chi connectivity index (χ1n) is 4.03. The summed E-state index contributed by atoms with van der Waals surface area (Å²) < 4.78 is 18.9. The molecule has 1 aromatic heterocycles. The second-order valence-electron chi connectivity index (χ2n) is 2.30. The van der Waals surface area contributed by atoms with Gasteiger partial charge in [0.15, 0.2) is 6.79 Å². The molecule has 0 N–H and O–H groups in total. The minimum Gasteiger partial charge on any atom is -0.460 e. The summed E-state index contributed by atoms with van der Waals surface area (Å²) in [4.78, 5) is 11.1. The molecule has 0 fully saturated rings. The van der Waals surface area contributed by atoms with Crippen LogP contribution in [0.4, 0.5) is 0 Å². The van der Waals surface area contributed by atoms with Crippen molar-refractivity contribution in [2.45, 2.75) is 6.92 Å². The van der Waals surface area contributed by atoms with Crippen molar-refractivity contribution in [3.63, 3.8) is 0 Å². The largest absolute Gasteiger partial charge is 0.460 e. The average molecular weight is 201 g/mol. The lowest BCUT2D eigenvalue weighted by atomic mass is 10.4. The van der Waals surface area contributed by atoms with Gasteiger partial charge in [-0.15, -0.1) is 0 Å². The average Bonchev–Trinajstić information content (AvgIpc) is 2.63. The first-order chi connectivity index (χ1) is 6.77. The smallest absolute Gasteiger partial charge is 0.377 e. The molecule has 0 saturated heterocycles. The van der Waals surface area contributed by atoms with Crippen LogP contribution in [0.3, 0.4) is 0 Å². The number of ether oxygens (including phenoxy) is 3. The standard InChI is InChI=1S/C8H11NO5/c1-3-12-8(10)6-4-7(9-14-6)13-5-11-2/h4H,3,5H2,1-2H3. The maximum absolute atomic E-state index is 11.1. The Morgan fingerprint density at radius 2 is 2.43 bits per heavy atom. The number of hydrogen-bond donors (Lipinski definition) is 0. The van der Waals surface area contributed by atoms with Gasteiger partial charge in [0.05, 0.1) is 12.7 Å². The Morgan fingerprint density at radius 3 is 3.07 bits per heavy atom. The maximum Gasteiger partial charge on any atom is 0.377 e. The topological polar surface area (TPSA) is 70.8 Å². The zero-order valence-electron chi connectivity index (χ0n) is 7.98. The Kier molecular flexibility index (Phi) is 3.93. The van der Waals surface area contributed by atoms with Crippen LogP contribution in [0, 0.1) is 0 Å². The normalized spacial score (nSPS) is 9.86. The van der Waals surface area contributed by atoms with Gasteiger partial charge in [-0.1, -0.05) is 0 Å². The summed E-state index contributed by atoms with van der Waals surface area (Å²) in [5.74, 6) is -0.361. The van der Waals surface area contributed by atoms with Gasteiger partial charge in [-0.05, 0) is 12.1 Å².